The molecule has 3 heterocycles. The minimum atomic E-state index is -3.71. The number of hydrogen-bond donors (Lipinski definition) is 0. The molecule has 5 rings (SSSR count). The standard InChI is InChI=1S/C21H28N4O5S/c1-28-16-7-8-18(29-2)19(10-16)31(26,27)25-12-15(13-25)20-22-21(30-23-20)17-4-3-9-24(17)11-14-5-6-14/h7-8,10,14-15,17H,3-6,9,11-13H2,1-2H3. The Morgan fingerprint density at radius 2 is 1.97 bits per heavy atom. The summed E-state index contributed by atoms with van der Waals surface area (Å²) < 4.78 is 43.7. The van der Waals surface area contributed by atoms with Crippen LogP contribution in [0.3, 0.4) is 0 Å². The van der Waals surface area contributed by atoms with Crippen LogP contribution >= 0.6 is 0 Å². The van der Waals surface area contributed by atoms with Crippen molar-refractivity contribution in [2.75, 3.05) is 40.4 Å². The van der Waals surface area contributed by atoms with Gasteiger partial charge in [0.2, 0.25) is 15.9 Å². The zero-order valence-electron chi connectivity index (χ0n) is 17.9. The minimum Gasteiger partial charge on any atom is -0.497 e. The first kappa shape index (κ1) is 20.7. The molecule has 1 unspecified atom stereocenters. The predicted molar refractivity (Wildman–Crippen MR) is 112 cm³/mol. The molecule has 1 saturated carbocycles. The highest BCUT2D eigenvalue weighted by molar-refractivity contribution is 7.89. The fraction of sp³-hybridized carbons (Fsp3) is 0.619. The lowest BCUT2D eigenvalue weighted by Gasteiger charge is -2.36. The zero-order chi connectivity index (χ0) is 21.6. The number of aromatic nitrogens is 2. The zero-order valence-corrected chi connectivity index (χ0v) is 18.7. The molecule has 0 bridgehead atoms. The lowest BCUT2D eigenvalue weighted by molar-refractivity contribution is 0.200. The van der Waals surface area contributed by atoms with Crippen LogP contribution in [0.2, 0.25) is 0 Å². The van der Waals surface area contributed by atoms with E-state index in [2.05, 4.69) is 15.0 Å². The van der Waals surface area contributed by atoms with Gasteiger partial charge in [-0.15, -0.1) is 0 Å². The highest BCUT2D eigenvalue weighted by atomic mass is 32.2. The fourth-order valence-corrected chi connectivity index (χ4v) is 6.13. The van der Waals surface area contributed by atoms with E-state index in [-0.39, 0.29) is 16.9 Å². The second kappa shape index (κ2) is 8.07. The van der Waals surface area contributed by atoms with Crippen LogP contribution in [0.15, 0.2) is 27.6 Å². The maximum atomic E-state index is 13.1. The Morgan fingerprint density at radius 3 is 2.68 bits per heavy atom. The van der Waals surface area contributed by atoms with Gasteiger partial charge in [-0.05, 0) is 50.3 Å². The first-order valence-electron chi connectivity index (χ1n) is 10.8. The van der Waals surface area contributed by atoms with Crippen LogP contribution in [-0.2, 0) is 10.0 Å². The Hall–Kier alpha value is -2.17. The minimum absolute atomic E-state index is 0.0674. The summed E-state index contributed by atoms with van der Waals surface area (Å²) in [4.78, 5) is 7.22. The van der Waals surface area contributed by atoms with Crippen LogP contribution in [0.4, 0.5) is 0 Å². The average molecular weight is 449 g/mol. The Morgan fingerprint density at radius 1 is 1.16 bits per heavy atom. The number of sulfonamides is 1. The van der Waals surface area contributed by atoms with Gasteiger partial charge in [0.25, 0.3) is 0 Å². The summed E-state index contributed by atoms with van der Waals surface area (Å²) in [7, 11) is -0.752. The smallest absolute Gasteiger partial charge is 0.246 e. The van der Waals surface area contributed by atoms with Crippen molar-refractivity contribution in [3.05, 3.63) is 29.9 Å². The summed E-state index contributed by atoms with van der Waals surface area (Å²) in [5.41, 5.74) is 0. The lowest BCUT2D eigenvalue weighted by Crippen LogP contribution is -2.48. The average Bonchev–Trinajstić information content (AvgIpc) is 3.21. The molecule has 9 nitrogen and oxygen atoms in total. The third-order valence-corrected chi connectivity index (χ3v) is 8.35. The van der Waals surface area contributed by atoms with E-state index in [9.17, 15) is 8.42 Å². The summed E-state index contributed by atoms with van der Waals surface area (Å²) >= 11 is 0. The van der Waals surface area contributed by atoms with Gasteiger partial charge in [0, 0.05) is 25.7 Å². The Bertz CT molecular complexity index is 1050. The number of rotatable bonds is 8. The van der Waals surface area contributed by atoms with Gasteiger partial charge in [0.05, 0.1) is 26.2 Å². The second-order valence-corrected chi connectivity index (χ2v) is 10.5. The maximum Gasteiger partial charge on any atom is 0.246 e. The van der Waals surface area contributed by atoms with Crippen molar-refractivity contribution in [3.63, 3.8) is 0 Å². The first-order chi connectivity index (χ1) is 15.0. The van der Waals surface area contributed by atoms with Crippen molar-refractivity contribution in [3.8, 4) is 11.5 Å². The number of methoxy groups -OCH3 is 2. The van der Waals surface area contributed by atoms with E-state index in [4.69, 9.17) is 14.0 Å². The van der Waals surface area contributed by atoms with Crippen LogP contribution in [0.25, 0.3) is 0 Å². The quantitative estimate of drug-likeness (QED) is 0.607. The van der Waals surface area contributed by atoms with Gasteiger partial charge in [0.1, 0.15) is 16.4 Å². The molecular weight excluding hydrogens is 420 g/mol. The van der Waals surface area contributed by atoms with Crippen molar-refractivity contribution < 1.29 is 22.4 Å². The van der Waals surface area contributed by atoms with E-state index in [1.807, 2.05) is 0 Å². The number of benzene rings is 1. The van der Waals surface area contributed by atoms with Gasteiger partial charge in [-0.25, -0.2) is 8.42 Å². The van der Waals surface area contributed by atoms with Crippen LogP contribution < -0.4 is 9.47 Å². The molecule has 0 amide bonds. The van der Waals surface area contributed by atoms with Crippen molar-refractivity contribution in [1.29, 1.82) is 0 Å². The summed E-state index contributed by atoms with van der Waals surface area (Å²) in [6.45, 7) is 2.83. The predicted octanol–water partition coefficient (Wildman–Crippen LogP) is 2.42. The van der Waals surface area contributed by atoms with E-state index in [1.165, 1.54) is 37.4 Å². The summed E-state index contributed by atoms with van der Waals surface area (Å²) in [6.07, 6.45) is 4.83. The molecule has 3 aliphatic rings. The van der Waals surface area contributed by atoms with Gasteiger partial charge in [-0.3, -0.25) is 4.90 Å². The molecule has 168 valence electrons. The fourth-order valence-electron chi connectivity index (χ4n) is 4.43. The maximum absolute atomic E-state index is 13.1. The van der Waals surface area contributed by atoms with Crippen molar-refractivity contribution >= 4 is 10.0 Å². The molecule has 3 fully saturated rings. The number of hydrogen-bond acceptors (Lipinski definition) is 8. The molecule has 1 aromatic heterocycles. The van der Waals surface area contributed by atoms with Gasteiger partial charge in [0.15, 0.2) is 5.82 Å². The van der Waals surface area contributed by atoms with E-state index in [0.29, 0.717) is 36.3 Å². The SMILES string of the molecule is COc1ccc(OC)c(S(=O)(=O)N2CC(c3noc(C4CCCN4CC4CC4)n3)C2)c1. The van der Waals surface area contributed by atoms with Crippen molar-refractivity contribution in [2.24, 2.45) is 5.92 Å². The van der Waals surface area contributed by atoms with E-state index >= 15 is 0 Å². The molecule has 0 N–H and O–H groups in total. The summed E-state index contributed by atoms with van der Waals surface area (Å²) in [5, 5.41) is 4.18. The highest BCUT2D eigenvalue weighted by Gasteiger charge is 2.42. The van der Waals surface area contributed by atoms with Gasteiger partial charge < -0.3 is 14.0 Å². The van der Waals surface area contributed by atoms with Crippen molar-refractivity contribution in [2.45, 2.75) is 42.5 Å². The second-order valence-electron chi connectivity index (χ2n) is 8.62. The van der Waals surface area contributed by atoms with E-state index in [0.717, 1.165) is 31.8 Å². The van der Waals surface area contributed by atoms with Crippen LogP contribution in [0.5, 0.6) is 11.5 Å². The molecule has 0 spiro atoms. The number of nitrogens with zero attached hydrogens (tertiary/aromatic N) is 4. The van der Waals surface area contributed by atoms with Crippen LogP contribution in [0.1, 0.15) is 49.4 Å². The molecule has 31 heavy (non-hydrogen) atoms. The monoisotopic (exact) mass is 448 g/mol. The van der Waals surface area contributed by atoms with E-state index in [1.54, 1.807) is 12.1 Å². The summed E-state index contributed by atoms with van der Waals surface area (Å²) in [6, 6.07) is 4.96. The van der Waals surface area contributed by atoms with Crippen molar-refractivity contribution in [1.82, 2.24) is 19.3 Å². The van der Waals surface area contributed by atoms with Crippen LogP contribution in [0, 0.1) is 5.92 Å². The van der Waals surface area contributed by atoms with Crippen LogP contribution in [-0.4, -0.2) is 68.2 Å². The third kappa shape index (κ3) is 3.92. The number of likely N-dealkylation sites (tertiary alicyclic amines) is 1. The Kier molecular flexibility index (Phi) is 5.39. The molecule has 2 aliphatic heterocycles. The molecule has 10 heteroatoms. The lowest BCUT2D eigenvalue weighted by atomic mass is 10.0. The molecule has 0 radical (unpaired) electrons. The van der Waals surface area contributed by atoms with Gasteiger partial charge >= 0.3 is 0 Å². The number of ether oxygens (including phenoxy) is 2. The third-order valence-electron chi connectivity index (χ3n) is 6.50. The summed E-state index contributed by atoms with van der Waals surface area (Å²) in [5.74, 6) is 2.78. The molecule has 2 aromatic rings. The largest absolute Gasteiger partial charge is 0.497 e. The highest BCUT2D eigenvalue weighted by Crippen LogP contribution is 2.39. The Balaban J connectivity index is 1.27. The first-order valence-corrected chi connectivity index (χ1v) is 12.2. The molecule has 1 aromatic carbocycles. The Labute approximate surface area is 182 Å². The molecular formula is C21H28N4O5S. The molecule has 1 atom stereocenters. The molecule has 2 saturated heterocycles. The van der Waals surface area contributed by atoms with Gasteiger partial charge in [-0.2, -0.15) is 9.29 Å². The topological polar surface area (TPSA) is 98.0 Å². The normalized spacial score (nSPS) is 23.1. The molecule has 1 aliphatic carbocycles. The van der Waals surface area contributed by atoms with Gasteiger partial charge in [-0.1, -0.05) is 5.16 Å². The van der Waals surface area contributed by atoms with E-state index < -0.39 is 10.0 Å².